The first-order valence-electron chi connectivity index (χ1n) is 11.1. The van der Waals surface area contributed by atoms with E-state index >= 15 is 0 Å². The molecule has 3 rings (SSSR count). The number of nitrogens with zero attached hydrogens (tertiary/aromatic N) is 2. The van der Waals surface area contributed by atoms with E-state index in [-0.39, 0.29) is 81.1 Å². The Morgan fingerprint density at radius 3 is 1.92 bits per heavy atom. The molecule has 1 unspecified atom stereocenters. The maximum absolute atomic E-state index is 12.2. The van der Waals surface area contributed by atoms with Crippen LogP contribution in [0.2, 0.25) is 0 Å². The number of carbonyl (C=O) groups is 2. The van der Waals surface area contributed by atoms with E-state index in [1.165, 1.54) is 0 Å². The van der Waals surface area contributed by atoms with Gasteiger partial charge in [0.15, 0.2) is 0 Å². The van der Waals surface area contributed by atoms with Crippen LogP contribution in [0, 0.1) is 5.92 Å². The van der Waals surface area contributed by atoms with Crippen LogP contribution in [0.5, 0.6) is 0 Å². The van der Waals surface area contributed by atoms with Crippen LogP contribution in [-0.4, -0.2) is 68.0 Å². The summed E-state index contributed by atoms with van der Waals surface area (Å²) < 4.78 is 0. The van der Waals surface area contributed by atoms with Gasteiger partial charge >= 0.3 is 39.0 Å². The number of amides is 2. The Hall–Kier alpha value is -1.55. The Balaban J connectivity index is -0.000000284. The number of allylic oxidation sites excluding steroid dienone is 2. The number of piperidine rings is 1. The van der Waals surface area contributed by atoms with E-state index in [1.54, 1.807) is 44.3 Å². The predicted molar refractivity (Wildman–Crippen MR) is 143 cm³/mol. The maximum atomic E-state index is 12.2. The Morgan fingerprint density at radius 2 is 1.49 bits per heavy atom. The minimum atomic E-state index is -0.156. The van der Waals surface area contributed by atoms with Gasteiger partial charge in [-0.05, 0) is 44.0 Å². The molecule has 0 saturated carbocycles. The molecule has 0 aliphatic carbocycles. The number of carbonyl (C=O) groups excluding carboxylic acids is 2. The van der Waals surface area contributed by atoms with Gasteiger partial charge in [0.1, 0.15) is 0 Å². The van der Waals surface area contributed by atoms with Crippen molar-refractivity contribution in [3.63, 3.8) is 0 Å². The quantitative estimate of drug-likeness (QED) is 0.272. The van der Waals surface area contributed by atoms with E-state index in [9.17, 15) is 9.59 Å². The van der Waals surface area contributed by atoms with Gasteiger partial charge in [-0.15, -0.1) is 19.6 Å². The molecule has 2 heterocycles. The molecule has 0 radical (unpaired) electrons. The van der Waals surface area contributed by atoms with Crippen molar-refractivity contribution < 1.29 is 69.7 Å². The van der Waals surface area contributed by atoms with E-state index in [2.05, 4.69) is 21.3 Å². The molecule has 1 aromatic rings. The van der Waals surface area contributed by atoms with E-state index < -0.39 is 0 Å². The van der Waals surface area contributed by atoms with Gasteiger partial charge in [-0.3, -0.25) is 9.59 Å². The molecule has 1 fully saturated rings. The molecule has 2 aliphatic heterocycles. The molecule has 0 aromatic heterocycles. The predicted octanol–water partition coefficient (Wildman–Crippen LogP) is 1.62. The van der Waals surface area contributed by atoms with Crippen LogP contribution in [0.4, 0.5) is 0 Å². The second kappa shape index (κ2) is 29.0. The maximum Gasteiger partial charge on any atom is 2.00 e. The second-order valence-electron chi connectivity index (χ2n) is 7.25. The zero-order chi connectivity index (χ0) is 23.6. The van der Waals surface area contributed by atoms with Gasteiger partial charge in [0, 0.05) is 37.4 Å². The number of rotatable bonds is 6. The Labute approximate surface area is 246 Å². The van der Waals surface area contributed by atoms with E-state index in [0.29, 0.717) is 36.7 Å². The third-order valence-corrected chi connectivity index (χ3v) is 4.57. The molecule has 0 bridgehead atoms. The van der Waals surface area contributed by atoms with E-state index in [4.69, 9.17) is 10.2 Å². The molecule has 1 atom stereocenters. The van der Waals surface area contributed by atoms with Crippen LogP contribution in [0.15, 0.2) is 48.2 Å². The van der Waals surface area contributed by atoms with Crippen molar-refractivity contribution in [2.24, 2.45) is 5.92 Å². The Morgan fingerprint density at radius 1 is 0.973 bits per heavy atom. The van der Waals surface area contributed by atoms with Crippen molar-refractivity contribution >= 4 is 11.8 Å². The molecular weight excluding hydrogens is 585 g/mol. The summed E-state index contributed by atoms with van der Waals surface area (Å²) in [4.78, 5) is 24.4. The standard InChI is InChI=1S/C20H24N4O2.2C2H6O.H2N.2H2O.2Zn/c25-19(23-13-15-3-1-9-21-11-15)17-5-7-18(8-6-17)20(26)24-14-16-4-2-10-22-12-16;2*1-2-3;;;;;/h1,3,5-9,16H,2,4,10-14H2,(H,23,25)(H,24,26);2*3H,2H2,1H3;3*1H2;;/q-2;;;-1;;;2*+2/p+2. The SMILES string of the molecule is CCO.CCO.O=C(NCC1=CC=C[N-]C1)c1ccc(C(=O)NCC2CCC[N-]C2)cc1.[NH2-].[OH3+].[OH3+].[Zn+2].[Zn+2]. The third kappa shape index (κ3) is 20.1. The summed E-state index contributed by atoms with van der Waals surface area (Å²) in [6.45, 7) is 7.38. The normalized spacial score (nSPS) is 14.5. The average Bonchev–Trinajstić information content (AvgIpc) is 2.83. The summed E-state index contributed by atoms with van der Waals surface area (Å²) in [5.41, 5.74) is 2.16. The summed E-state index contributed by atoms with van der Waals surface area (Å²) in [6.07, 6.45) is 7.78. The van der Waals surface area contributed by atoms with Crippen molar-refractivity contribution in [2.45, 2.75) is 26.7 Å². The van der Waals surface area contributed by atoms with Gasteiger partial charge in [-0.1, -0.05) is 30.6 Å². The van der Waals surface area contributed by atoms with Crippen LogP contribution < -0.4 is 10.6 Å². The minimum absolute atomic E-state index is 0. The molecular formula is C24H44N5O6Zn2+3. The number of nitrogens with two attached hydrogens (primary N) is 1. The molecule has 1 saturated heterocycles. The average molecular weight is 629 g/mol. The van der Waals surface area contributed by atoms with Crippen LogP contribution in [0.25, 0.3) is 16.8 Å². The fourth-order valence-corrected chi connectivity index (χ4v) is 3.01. The number of benzene rings is 1. The third-order valence-electron chi connectivity index (χ3n) is 4.57. The zero-order valence-corrected chi connectivity index (χ0v) is 28.2. The van der Waals surface area contributed by atoms with Crippen molar-refractivity contribution in [3.8, 4) is 0 Å². The molecule has 2 aliphatic rings. The van der Waals surface area contributed by atoms with Gasteiger partial charge in [0.2, 0.25) is 0 Å². The van der Waals surface area contributed by atoms with Gasteiger partial charge < -0.3 is 48.6 Å². The van der Waals surface area contributed by atoms with Crippen LogP contribution in [0.3, 0.4) is 0 Å². The van der Waals surface area contributed by atoms with Gasteiger partial charge in [-0.25, -0.2) is 0 Å². The Bertz CT molecular complexity index is 744. The van der Waals surface area contributed by atoms with Crippen LogP contribution in [0.1, 0.15) is 47.4 Å². The van der Waals surface area contributed by atoms with Crippen LogP contribution >= 0.6 is 0 Å². The first-order chi connectivity index (χ1) is 15.5. The fraction of sp³-hybridized carbons (Fsp3) is 0.500. The monoisotopic (exact) mass is 626 g/mol. The van der Waals surface area contributed by atoms with E-state index in [0.717, 1.165) is 31.5 Å². The van der Waals surface area contributed by atoms with Crippen molar-refractivity contribution in [2.75, 3.05) is 45.9 Å². The van der Waals surface area contributed by atoms with E-state index in [1.807, 2.05) is 12.2 Å². The summed E-state index contributed by atoms with van der Waals surface area (Å²) in [7, 11) is 0. The number of hydrogen-bond acceptors (Lipinski definition) is 4. The first-order valence-corrected chi connectivity index (χ1v) is 11.1. The van der Waals surface area contributed by atoms with Crippen LogP contribution in [-0.2, 0) is 49.9 Å². The molecule has 202 valence electrons. The fourth-order valence-electron chi connectivity index (χ4n) is 3.01. The summed E-state index contributed by atoms with van der Waals surface area (Å²) >= 11 is 0. The summed E-state index contributed by atoms with van der Waals surface area (Å²) in [5.74, 6) is 0.174. The van der Waals surface area contributed by atoms with Crippen molar-refractivity contribution in [1.82, 2.24) is 10.6 Å². The molecule has 13 heteroatoms. The largest absolute Gasteiger partial charge is 2.00 e. The Kier molecular flexibility index (Phi) is 35.6. The number of nitrogens with one attached hydrogen (secondary N) is 2. The molecule has 37 heavy (non-hydrogen) atoms. The number of aliphatic hydroxyl groups is 2. The minimum Gasteiger partial charge on any atom is -0.693 e. The zero-order valence-electron chi connectivity index (χ0n) is 22.2. The van der Waals surface area contributed by atoms with Gasteiger partial charge in [0.05, 0.1) is 0 Å². The molecule has 0 spiro atoms. The van der Waals surface area contributed by atoms with Gasteiger partial charge in [0.25, 0.3) is 11.8 Å². The van der Waals surface area contributed by atoms with Crippen molar-refractivity contribution in [1.29, 1.82) is 0 Å². The number of hydrogen-bond donors (Lipinski definition) is 4. The summed E-state index contributed by atoms with van der Waals surface area (Å²) in [5, 5.41) is 29.5. The summed E-state index contributed by atoms with van der Waals surface area (Å²) in [6, 6.07) is 6.74. The first kappa shape index (κ1) is 45.4. The smallest absolute Gasteiger partial charge is 0.693 e. The molecule has 12 N–H and O–H groups in total. The molecule has 2 amide bonds. The second-order valence-corrected chi connectivity index (χ2v) is 7.25. The molecule has 11 nitrogen and oxygen atoms in total. The van der Waals surface area contributed by atoms with Gasteiger partial charge in [-0.2, -0.15) is 6.20 Å². The molecule has 1 aromatic carbocycles. The van der Waals surface area contributed by atoms with Crippen molar-refractivity contribution in [3.05, 3.63) is 76.1 Å². The number of aliphatic hydroxyl groups excluding tert-OH is 2. The topological polar surface area (TPSA) is 226 Å².